The number of fused-ring (bicyclic) bond motifs is 7. The number of pyridine rings is 2. The van der Waals surface area contributed by atoms with E-state index in [1.807, 2.05) is 29.6 Å². The smallest absolute Gasteiger partial charge is 0.307 e. The van der Waals surface area contributed by atoms with Gasteiger partial charge in [0.25, 0.3) is 0 Å². The van der Waals surface area contributed by atoms with Crippen LogP contribution >= 0.6 is 0 Å². The second-order valence-corrected chi connectivity index (χ2v) is 8.88. The van der Waals surface area contributed by atoms with Gasteiger partial charge in [0.15, 0.2) is 6.20 Å². The van der Waals surface area contributed by atoms with Crippen molar-refractivity contribution in [3.63, 3.8) is 0 Å². The van der Waals surface area contributed by atoms with Gasteiger partial charge in [0.2, 0.25) is 5.52 Å². The Morgan fingerprint density at radius 2 is 1.55 bits per heavy atom. The molecule has 0 aliphatic carbocycles. The molecule has 7 rings (SSSR count). The third-order valence-corrected chi connectivity index (χ3v) is 7.12. The molecule has 0 atom stereocenters. The van der Waals surface area contributed by atoms with Gasteiger partial charge in [-0.1, -0.05) is 42.5 Å². The molecule has 0 amide bonds. The Labute approximate surface area is 186 Å². The molecule has 5 heteroatoms. The van der Waals surface area contributed by atoms with Crippen LogP contribution in [0.1, 0.15) is 11.1 Å². The molecule has 0 aliphatic rings. The fraction of sp³-hybridized carbons (Fsp3) is 0.107. The van der Waals surface area contributed by atoms with E-state index < -0.39 is 11.7 Å². The van der Waals surface area contributed by atoms with Gasteiger partial charge in [0.1, 0.15) is 7.05 Å². The van der Waals surface area contributed by atoms with E-state index in [2.05, 4.69) is 48.0 Å². The molecule has 7 aromatic rings. The summed E-state index contributed by atoms with van der Waals surface area (Å²) in [5, 5.41) is 7.24. The summed E-state index contributed by atoms with van der Waals surface area (Å²) in [5.41, 5.74) is 4.07. The topological polar surface area (TPSA) is 8.29 Å². The van der Waals surface area contributed by atoms with E-state index in [0.29, 0.717) is 5.52 Å². The Hall–Kier alpha value is -3.86. The number of aromatic nitrogens is 2. The number of nitrogens with zero attached hydrogens (tertiary/aromatic N) is 2. The maximum Gasteiger partial charge on any atom is 0.416 e. The van der Waals surface area contributed by atoms with Crippen LogP contribution in [0.5, 0.6) is 0 Å². The Morgan fingerprint density at radius 3 is 2.36 bits per heavy atom. The first-order valence-electron chi connectivity index (χ1n) is 10.8. The van der Waals surface area contributed by atoms with Crippen LogP contribution in [0.4, 0.5) is 13.2 Å². The van der Waals surface area contributed by atoms with Crippen LogP contribution in [-0.2, 0) is 13.2 Å². The fourth-order valence-electron chi connectivity index (χ4n) is 5.67. The highest BCUT2D eigenvalue weighted by Gasteiger charge is 2.32. The van der Waals surface area contributed by atoms with Crippen molar-refractivity contribution >= 4 is 59.8 Å². The van der Waals surface area contributed by atoms with E-state index in [9.17, 15) is 13.2 Å². The van der Waals surface area contributed by atoms with E-state index in [1.165, 1.54) is 12.1 Å². The molecule has 0 radical (unpaired) electrons. The molecule has 0 unspecified atom stereocenters. The van der Waals surface area contributed by atoms with Gasteiger partial charge in [-0.25, -0.2) is 4.57 Å². The fourth-order valence-corrected chi connectivity index (χ4v) is 5.67. The van der Waals surface area contributed by atoms with Crippen LogP contribution in [0.2, 0.25) is 0 Å². The first-order chi connectivity index (χ1) is 15.8. The molecule has 0 fully saturated rings. The molecule has 2 nitrogen and oxygen atoms in total. The monoisotopic (exact) mass is 439 g/mol. The SMILES string of the molecule is Cc1c2ccccc2cc2c1c1c3c(ccc4c5ccc(C(F)(F)F)cc5n2c43)cc[n+]1C. The minimum Gasteiger partial charge on any atom is -0.307 e. The molecule has 33 heavy (non-hydrogen) atoms. The van der Waals surface area contributed by atoms with Gasteiger partial charge < -0.3 is 4.40 Å². The zero-order chi connectivity index (χ0) is 22.6. The first kappa shape index (κ1) is 18.7. The molecule has 0 spiro atoms. The number of rotatable bonds is 0. The number of hydrogen-bond donors (Lipinski definition) is 0. The van der Waals surface area contributed by atoms with Crippen LogP contribution in [-0.4, -0.2) is 4.40 Å². The van der Waals surface area contributed by atoms with Crippen molar-refractivity contribution in [2.24, 2.45) is 7.05 Å². The molecule has 0 bridgehead atoms. The van der Waals surface area contributed by atoms with Crippen LogP contribution in [0, 0.1) is 6.92 Å². The largest absolute Gasteiger partial charge is 0.416 e. The molecular formula is C28H18F3N2+. The van der Waals surface area contributed by atoms with Crippen molar-refractivity contribution in [3.05, 3.63) is 84.1 Å². The maximum absolute atomic E-state index is 13.7. The predicted molar refractivity (Wildman–Crippen MR) is 127 cm³/mol. The van der Waals surface area contributed by atoms with Crippen molar-refractivity contribution in [2.75, 3.05) is 0 Å². The Bertz CT molecular complexity index is 1930. The number of alkyl halides is 3. The normalized spacial score (nSPS) is 13.0. The van der Waals surface area contributed by atoms with Gasteiger partial charge in [-0.15, -0.1) is 0 Å². The van der Waals surface area contributed by atoms with E-state index in [0.717, 1.165) is 59.8 Å². The maximum atomic E-state index is 13.7. The summed E-state index contributed by atoms with van der Waals surface area (Å²) < 4.78 is 45.2. The second-order valence-electron chi connectivity index (χ2n) is 8.88. The third-order valence-electron chi connectivity index (χ3n) is 7.12. The minimum absolute atomic E-state index is 0.584. The minimum atomic E-state index is -4.40. The van der Waals surface area contributed by atoms with E-state index in [4.69, 9.17) is 0 Å². The molecule has 0 saturated carbocycles. The Balaban J connectivity index is 1.90. The highest BCUT2D eigenvalue weighted by Crippen LogP contribution is 2.43. The van der Waals surface area contributed by atoms with Crippen molar-refractivity contribution in [2.45, 2.75) is 13.1 Å². The molecule has 3 heterocycles. The number of aryl methyl sites for hydroxylation is 2. The lowest BCUT2D eigenvalue weighted by molar-refractivity contribution is -0.643. The number of halogens is 3. The van der Waals surface area contributed by atoms with Gasteiger partial charge >= 0.3 is 6.18 Å². The van der Waals surface area contributed by atoms with E-state index in [1.54, 1.807) is 6.07 Å². The van der Waals surface area contributed by atoms with Crippen molar-refractivity contribution in [1.29, 1.82) is 0 Å². The van der Waals surface area contributed by atoms with Gasteiger partial charge in [0.05, 0.1) is 32.9 Å². The zero-order valence-electron chi connectivity index (χ0n) is 18.0. The van der Waals surface area contributed by atoms with E-state index in [-0.39, 0.29) is 0 Å². The Kier molecular flexibility index (Phi) is 3.36. The number of hydrogen-bond acceptors (Lipinski definition) is 0. The van der Waals surface area contributed by atoms with Crippen LogP contribution in [0.15, 0.2) is 72.9 Å². The summed E-state index contributed by atoms with van der Waals surface area (Å²) in [6, 6.07) is 20.6. The molecule has 3 aromatic heterocycles. The average Bonchev–Trinajstić information content (AvgIpc) is 3.13. The van der Waals surface area contributed by atoms with Gasteiger partial charge in [-0.05, 0) is 46.8 Å². The summed E-state index contributed by atoms with van der Waals surface area (Å²) in [6.45, 7) is 2.11. The highest BCUT2D eigenvalue weighted by atomic mass is 19.4. The van der Waals surface area contributed by atoms with Crippen molar-refractivity contribution in [1.82, 2.24) is 4.40 Å². The summed E-state index contributed by atoms with van der Waals surface area (Å²) in [7, 11) is 2.03. The number of benzene rings is 4. The van der Waals surface area contributed by atoms with Crippen LogP contribution in [0.25, 0.3) is 59.8 Å². The van der Waals surface area contributed by atoms with Crippen LogP contribution in [0.3, 0.4) is 0 Å². The van der Waals surface area contributed by atoms with Gasteiger partial charge in [-0.2, -0.15) is 13.2 Å². The lowest BCUT2D eigenvalue weighted by Crippen LogP contribution is -2.28. The lowest BCUT2D eigenvalue weighted by atomic mass is 9.96. The lowest BCUT2D eigenvalue weighted by Gasteiger charge is -2.15. The van der Waals surface area contributed by atoms with Gasteiger partial charge in [-0.3, -0.25) is 0 Å². The van der Waals surface area contributed by atoms with Crippen molar-refractivity contribution < 1.29 is 17.7 Å². The highest BCUT2D eigenvalue weighted by molar-refractivity contribution is 6.28. The molecule has 0 aliphatic heterocycles. The average molecular weight is 439 g/mol. The third kappa shape index (κ3) is 2.26. The quantitative estimate of drug-likeness (QED) is 0.133. The molecule has 4 aromatic carbocycles. The molecule has 0 saturated heterocycles. The predicted octanol–water partition coefficient (Wildman–Crippen LogP) is 7.29. The first-order valence-corrected chi connectivity index (χ1v) is 10.8. The van der Waals surface area contributed by atoms with Crippen LogP contribution < -0.4 is 4.57 Å². The Morgan fingerprint density at radius 1 is 0.758 bits per heavy atom. The second kappa shape index (κ2) is 5.93. The summed E-state index contributed by atoms with van der Waals surface area (Å²) in [6.07, 6.45) is -2.34. The van der Waals surface area contributed by atoms with Gasteiger partial charge in [0, 0.05) is 16.8 Å². The summed E-state index contributed by atoms with van der Waals surface area (Å²) >= 11 is 0. The molecule has 160 valence electrons. The zero-order valence-corrected chi connectivity index (χ0v) is 18.0. The summed E-state index contributed by atoms with van der Waals surface area (Å²) in [4.78, 5) is 0. The molecule has 0 N–H and O–H groups in total. The molecular weight excluding hydrogens is 421 g/mol. The summed E-state index contributed by atoms with van der Waals surface area (Å²) in [5.74, 6) is 0. The standard InChI is InChI=1S/C28H18F3N2/c1-15-19-6-4-3-5-17(19)13-23-24(15)27-25-16(11-12-32(27)2)7-9-21-20-10-8-18(28(29,30)31)14-22(20)33(23)26(21)25/h3-14H,1-2H3/q+1. The van der Waals surface area contributed by atoms with E-state index >= 15 is 0 Å². The van der Waals surface area contributed by atoms with Crippen molar-refractivity contribution in [3.8, 4) is 0 Å².